The Labute approximate surface area is 109 Å². The number of aromatic amines is 1. The summed E-state index contributed by atoms with van der Waals surface area (Å²) in [4.78, 5) is 10.9. The van der Waals surface area contributed by atoms with Crippen LogP contribution in [-0.2, 0) is 10.0 Å². The number of benzene rings is 1. The van der Waals surface area contributed by atoms with Gasteiger partial charge in [0.1, 0.15) is 5.82 Å². The highest BCUT2D eigenvalue weighted by atomic mass is 32.2. The van der Waals surface area contributed by atoms with Gasteiger partial charge >= 0.3 is 0 Å². The molecular weight excluding hydrogens is 268 g/mol. The van der Waals surface area contributed by atoms with Gasteiger partial charge in [0.2, 0.25) is 5.91 Å². The van der Waals surface area contributed by atoms with E-state index in [4.69, 9.17) is 5.73 Å². The molecule has 2 aromatic rings. The summed E-state index contributed by atoms with van der Waals surface area (Å²) in [7, 11) is -3.72. The van der Waals surface area contributed by atoms with Gasteiger partial charge in [0.15, 0.2) is 0 Å². The molecule has 2 rings (SSSR count). The van der Waals surface area contributed by atoms with E-state index >= 15 is 0 Å². The Kier molecular flexibility index (Phi) is 3.26. The van der Waals surface area contributed by atoms with Gasteiger partial charge in [-0.2, -0.15) is 5.10 Å². The molecular formula is C11H12N4O3S. The van der Waals surface area contributed by atoms with Crippen LogP contribution in [0.15, 0.2) is 35.4 Å². The molecule has 4 N–H and O–H groups in total. The summed E-state index contributed by atoms with van der Waals surface area (Å²) in [6.45, 7) is 1.72. The Morgan fingerprint density at radius 1 is 1.32 bits per heavy atom. The van der Waals surface area contributed by atoms with Gasteiger partial charge in [-0.25, -0.2) is 8.42 Å². The van der Waals surface area contributed by atoms with E-state index in [-0.39, 0.29) is 10.5 Å². The molecule has 0 spiro atoms. The molecule has 0 radical (unpaired) electrons. The van der Waals surface area contributed by atoms with Crippen molar-refractivity contribution in [1.29, 1.82) is 0 Å². The number of anilines is 1. The summed E-state index contributed by atoms with van der Waals surface area (Å²) in [5.41, 5.74) is 6.01. The Morgan fingerprint density at radius 2 is 1.95 bits per heavy atom. The van der Waals surface area contributed by atoms with Gasteiger partial charge in [-0.3, -0.25) is 14.6 Å². The molecule has 19 heavy (non-hydrogen) atoms. The molecule has 1 aromatic carbocycles. The second-order valence-corrected chi connectivity index (χ2v) is 5.60. The van der Waals surface area contributed by atoms with Gasteiger partial charge in [-0.15, -0.1) is 0 Å². The van der Waals surface area contributed by atoms with E-state index in [1.807, 2.05) is 0 Å². The number of amides is 1. The highest BCUT2D eigenvalue weighted by molar-refractivity contribution is 7.92. The fraction of sp³-hybridized carbons (Fsp3) is 0.0909. The zero-order valence-corrected chi connectivity index (χ0v) is 10.9. The fourth-order valence-corrected chi connectivity index (χ4v) is 2.53. The van der Waals surface area contributed by atoms with E-state index in [0.29, 0.717) is 11.4 Å². The maximum absolute atomic E-state index is 12.1. The number of carbonyl (C=O) groups excluding carboxylic acids is 1. The molecule has 1 aromatic heterocycles. The van der Waals surface area contributed by atoms with Crippen LogP contribution < -0.4 is 10.5 Å². The number of aromatic nitrogens is 2. The van der Waals surface area contributed by atoms with Crippen molar-refractivity contribution in [3.05, 3.63) is 41.6 Å². The van der Waals surface area contributed by atoms with Crippen LogP contribution in [0, 0.1) is 6.92 Å². The lowest BCUT2D eigenvalue weighted by atomic mass is 10.2. The molecule has 0 saturated carbocycles. The van der Waals surface area contributed by atoms with Crippen molar-refractivity contribution >= 4 is 21.7 Å². The van der Waals surface area contributed by atoms with E-state index in [2.05, 4.69) is 14.9 Å². The third-order valence-electron chi connectivity index (χ3n) is 2.51. The number of nitrogens with two attached hydrogens (primary N) is 1. The van der Waals surface area contributed by atoms with Crippen molar-refractivity contribution in [3.8, 4) is 0 Å². The maximum atomic E-state index is 12.1. The third-order valence-corrected chi connectivity index (χ3v) is 3.88. The Balaban J connectivity index is 2.29. The maximum Gasteiger partial charge on any atom is 0.263 e. The summed E-state index contributed by atoms with van der Waals surface area (Å²) in [5.74, 6) is -0.305. The minimum atomic E-state index is -3.72. The Hall–Kier alpha value is -2.35. The highest BCUT2D eigenvalue weighted by Crippen LogP contribution is 2.17. The number of hydrogen-bond donors (Lipinski definition) is 3. The van der Waals surface area contributed by atoms with Crippen molar-refractivity contribution in [2.24, 2.45) is 5.73 Å². The van der Waals surface area contributed by atoms with Crippen LogP contribution in [0.25, 0.3) is 0 Å². The van der Waals surface area contributed by atoms with Gasteiger partial charge in [-0.05, 0) is 31.2 Å². The molecule has 8 heteroatoms. The highest BCUT2D eigenvalue weighted by Gasteiger charge is 2.16. The summed E-state index contributed by atoms with van der Waals surface area (Å²) in [6, 6.07) is 5.34. The molecule has 7 nitrogen and oxygen atoms in total. The second-order valence-electron chi connectivity index (χ2n) is 3.92. The zero-order valence-electron chi connectivity index (χ0n) is 10.0. The quantitative estimate of drug-likeness (QED) is 0.760. The molecule has 1 amide bonds. The molecule has 0 bridgehead atoms. The van der Waals surface area contributed by atoms with Crippen molar-refractivity contribution < 1.29 is 13.2 Å². The van der Waals surface area contributed by atoms with Gasteiger partial charge in [0, 0.05) is 11.1 Å². The molecule has 0 atom stereocenters. The average Bonchev–Trinajstić information content (AvgIpc) is 2.74. The average molecular weight is 280 g/mol. The standard InChI is InChI=1S/C11H12N4O3S/c1-7-6-13-14-11(7)15-19(17,18)9-4-2-8(3-5-9)10(12)16/h2-6H,1H3,(H2,12,16)(H2,13,14,15). The van der Waals surface area contributed by atoms with Crippen LogP contribution in [0.1, 0.15) is 15.9 Å². The van der Waals surface area contributed by atoms with Crippen LogP contribution in [-0.4, -0.2) is 24.5 Å². The summed E-state index contributed by atoms with van der Waals surface area (Å²) in [6.07, 6.45) is 1.51. The number of H-pyrrole nitrogens is 1. The monoisotopic (exact) mass is 280 g/mol. The van der Waals surface area contributed by atoms with E-state index in [1.54, 1.807) is 6.92 Å². The first-order valence-corrected chi connectivity index (χ1v) is 6.81. The van der Waals surface area contributed by atoms with E-state index in [9.17, 15) is 13.2 Å². The van der Waals surface area contributed by atoms with Crippen LogP contribution in [0.3, 0.4) is 0 Å². The fourth-order valence-electron chi connectivity index (χ4n) is 1.44. The number of primary amides is 1. The summed E-state index contributed by atoms with van der Waals surface area (Å²) >= 11 is 0. The number of sulfonamides is 1. The third kappa shape index (κ3) is 2.74. The number of rotatable bonds is 4. The molecule has 0 aliphatic carbocycles. The van der Waals surface area contributed by atoms with Gasteiger partial charge in [0.05, 0.1) is 11.1 Å². The molecule has 1 heterocycles. The van der Waals surface area contributed by atoms with E-state index in [0.717, 1.165) is 0 Å². The molecule has 0 aliphatic heterocycles. The number of nitrogens with zero attached hydrogens (tertiary/aromatic N) is 1. The molecule has 0 fully saturated rings. The van der Waals surface area contributed by atoms with Crippen LogP contribution in [0.2, 0.25) is 0 Å². The predicted molar refractivity (Wildman–Crippen MR) is 69.1 cm³/mol. The van der Waals surface area contributed by atoms with E-state index in [1.165, 1.54) is 30.5 Å². The Morgan fingerprint density at radius 3 is 2.42 bits per heavy atom. The summed E-state index contributed by atoms with van der Waals surface area (Å²) < 4.78 is 26.5. The van der Waals surface area contributed by atoms with Gasteiger partial charge in [0.25, 0.3) is 10.0 Å². The molecule has 100 valence electrons. The van der Waals surface area contributed by atoms with Crippen molar-refractivity contribution in [1.82, 2.24) is 10.2 Å². The van der Waals surface area contributed by atoms with Crippen LogP contribution in [0.4, 0.5) is 5.82 Å². The second kappa shape index (κ2) is 4.73. The smallest absolute Gasteiger partial charge is 0.263 e. The normalized spacial score (nSPS) is 11.2. The van der Waals surface area contributed by atoms with E-state index < -0.39 is 15.9 Å². The first kappa shape index (κ1) is 13.1. The first-order chi connectivity index (χ1) is 8.90. The number of nitrogens with one attached hydrogen (secondary N) is 2. The van der Waals surface area contributed by atoms with Crippen molar-refractivity contribution in [2.45, 2.75) is 11.8 Å². The lowest BCUT2D eigenvalue weighted by Crippen LogP contribution is -2.15. The molecule has 0 unspecified atom stereocenters. The number of hydrogen-bond acceptors (Lipinski definition) is 4. The largest absolute Gasteiger partial charge is 0.366 e. The van der Waals surface area contributed by atoms with Crippen molar-refractivity contribution in [3.63, 3.8) is 0 Å². The lowest BCUT2D eigenvalue weighted by Gasteiger charge is -2.07. The van der Waals surface area contributed by atoms with Gasteiger partial charge < -0.3 is 5.73 Å². The number of aryl methyl sites for hydroxylation is 1. The molecule has 0 saturated heterocycles. The van der Waals surface area contributed by atoms with Crippen molar-refractivity contribution in [2.75, 3.05) is 4.72 Å². The number of carbonyl (C=O) groups is 1. The van der Waals surface area contributed by atoms with Crippen LogP contribution in [0.5, 0.6) is 0 Å². The minimum absolute atomic E-state index is 0.0338. The topological polar surface area (TPSA) is 118 Å². The SMILES string of the molecule is Cc1cn[nH]c1NS(=O)(=O)c1ccc(C(N)=O)cc1. The zero-order chi connectivity index (χ0) is 14.0. The summed E-state index contributed by atoms with van der Waals surface area (Å²) in [5, 5.41) is 6.27. The van der Waals surface area contributed by atoms with Crippen LogP contribution >= 0.6 is 0 Å². The molecule has 0 aliphatic rings. The minimum Gasteiger partial charge on any atom is -0.366 e. The Bertz CT molecular complexity index is 704. The predicted octanol–water partition coefficient (Wildman–Crippen LogP) is 0.618. The lowest BCUT2D eigenvalue weighted by molar-refractivity contribution is 0.1000. The van der Waals surface area contributed by atoms with Gasteiger partial charge in [-0.1, -0.05) is 0 Å². The first-order valence-electron chi connectivity index (χ1n) is 5.33.